The molecule has 0 atom stereocenters. The topological polar surface area (TPSA) is 84.6 Å². The zero-order valence-electron chi connectivity index (χ0n) is 11.8. The molecule has 0 bridgehead atoms. The van der Waals surface area contributed by atoms with Crippen molar-refractivity contribution in [2.45, 2.75) is 6.92 Å². The second kappa shape index (κ2) is 6.65. The van der Waals surface area contributed by atoms with Gasteiger partial charge in [0, 0.05) is 17.3 Å². The molecule has 2 rings (SSSR count). The number of nitrogens with two attached hydrogens (primary N) is 1. The number of nitrogens with one attached hydrogen (secondary N) is 1. The van der Waals surface area contributed by atoms with E-state index >= 15 is 0 Å². The van der Waals surface area contributed by atoms with Crippen LogP contribution in [0.15, 0.2) is 42.5 Å². The SMILES string of the molecule is Cc1ccc(C(=O)NCCOc2cccc(N)c2)cc1O. The van der Waals surface area contributed by atoms with Crippen LogP contribution < -0.4 is 15.8 Å². The van der Waals surface area contributed by atoms with Crippen molar-refractivity contribution < 1.29 is 14.6 Å². The second-order valence-corrected chi connectivity index (χ2v) is 4.68. The van der Waals surface area contributed by atoms with Crippen molar-refractivity contribution >= 4 is 11.6 Å². The molecule has 0 saturated heterocycles. The van der Waals surface area contributed by atoms with Gasteiger partial charge in [0.2, 0.25) is 0 Å². The average molecular weight is 286 g/mol. The summed E-state index contributed by atoms with van der Waals surface area (Å²) in [7, 11) is 0. The van der Waals surface area contributed by atoms with E-state index in [0.717, 1.165) is 5.56 Å². The predicted molar refractivity (Wildman–Crippen MR) is 81.5 cm³/mol. The van der Waals surface area contributed by atoms with Crippen molar-refractivity contribution in [1.82, 2.24) is 5.32 Å². The fourth-order valence-corrected chi connectivity index (χ4v) is 1.79. The van der Waals surface area contributed by atoms with Crippen LogP contribution in [0.25, 0.3) is 0 Å². The number of phenolic OH excluding ortho intramolecular Hbond substituents is 1. The van der Waals surface area contributed by atoms with Crippen LogP contribution >= 0.6 is 0 Å². The van der Waals surface area contributed by atoms with Gasteiger partial charge in [0.05, 0.1) is 6.54 Å². The molecule has 0 aromatic heterocycles. The number of anilines is 1. The van der Waals surface area contributed by atoms with Crippen LogP contribution in [-0.4, -0.2) is 24.2 Å². The monoisotopic (exact) mass is 286 g/mol. The first-order valence-corrected chi connectivity index (χ1v) is 6.62. The van der Waals surface area contributed by atoms with Crippen LogP contribution in [0, 0.1) is 6.92 Å². The minimum atomic E-state index is -0.249. The second-order valence-electron chi connectivity index (χ2n) is 4.68. The minimum absolute atomic E-state index is 0.110. The first-order valence-electron chi connectivity index (χ1n) is 6.62. The van der Waals surface area contributed by atoms with Gasteiger partial charge < -0.3 is 20.9 Å². The molecule has 5 heteroatoms. The number of carbonyl (C=O) groups is 1. The highest BCUT2D eigenvalue weighted by molar-refractivity contribution is 5.94. The normalized spacial score (nSPS) is 10.1. The maximum atomic E-state index is 11.9. The third-order valence-electron chi connectivity index (χ3n) is 2.99. The number of rotatable bonds is 5. The molecule has 0 saturated carbocycles. The van der Waals surface area contributed by atoms with Crippen molar-refractivity contribution in [3.8, 4) is 11.5 Å². The molecule has 110 valence electrons. The van der Waals surface area contributed by atoms with E-state index in [-0.39, 0.29) is 11.7 Å². The van der Waals surface area contributed by atoms with Crippen molar-refractivity contribution in [1.29, 1.82) is 0 Å². The molecular formula is C16H18N2O3. The minimum Gasteiger partial charge on any atom is -0.508 e. The average Bonchev–Trinajstić information content (AvgIpc) is 2.46. The Kier molecular flexibility index (Phi) is 4.66. The van der Waals surface area contributed by atoms with Gasteiger partial charge in [-0.2, -0.15) is 0 Å². The number of benzene rings is 2. The third-order valence-corrected chi connectivity index (χ3v) is 2.99. The first kappa shape index (κ1) is 14.7. The summed E-state index contributed by atoms with van der Waals surface area (Å²) in [4.78, 5) is 11.9. The van der Waals surface area contributed by atoms with Crippen LogP contribution in [0.3, 0.4) is 0 Å². The van der Waals surface area contributed by atoms with Crippen LogP contribution in [-0.2, 0) is 0 Å². The van der Waals surface area contributed by atoms with Gasteiger partial charge in [-0.25, -0.2) is 0 Å². The molecule has 0 radical (unpaired) electrons. The van der Waals surface area contributed by atoms with E-state index in [1.807, 2.05) is 0 Å². The van der Waals surface area contributed by atoms with Gasteiger partial charge in [-0.3, -0.25) is 4.79 Å². The van der Waals surface area contributed by atoms with E-state index in [1.54, 1.807) is 43.3 Å². The van der Waals surface area contributed by atoms with Gasteiger partial charge in [-0.1, -0.05) is 12.1 Å². The zero-order valence-corrected chi connectivity index (χ0v) is 11.8. The van der Waals surface area contributed by atoms with Gasteiger partial charge in [0.15, 0.2) is 0 Å². The smallest absolute Gasteiger partial charge is 0.251 e. The van der Waals surface area contributed by atoms with E-state index in [1.165, 1.54) is 6.07 Å². The number of hydrogen-bond donors (Lipinski definition) is 3. The lowest BCUT2D eigenvalue weighted by Gasteiger charge is -2.09. The quantitative estimate of drug-likeness (QED) is 0.580. The lowest BCUT2D eigenvalue weighted by Crippen LogP contribution is -2.28. The largest absolute Gasteiger partial charge is 0.508 e. The Morgan fingerprint density at radius 1 is 1.29 bits per heavy atom. The number of carbonyl (C=O) groups excluding carboxylic acids is 1. The molecule has 0 fully saturated rings. The molecule has 5 nitrogen and oxygen atoms in total. The molecule has 1 amide bonds. The Morgan fingerprint density at radius 3 is 2.81 bits per heavy atom. The van der Waals surface area contributed by atoms with E-state index in [2.05, 4.69) is 5.32 Å². The summed E-state index contributed by atoms with van der Waals surface area (Å²) >= 11 is 0. The van der Waals surface area contributed by atoms with Crippen LogP contribution in [0.4, 0.5) is 5.69 Å². The third kappa shape index (κ3) is 4.14. The van der Waals surface area contributed by atoms with E-state index in [9.17, 15) is 9.90 Å². The van der Waals surface area contributed by atoms with E-state index in [4.69, 9.17) is 10.5 Å². The van der Waals surface area contributed by atoms with Gasteiger partial charge >= 0.3 is 0 Å². The highest BCUT2D eigenvalue weighted by Crippen LogP contribution is 2.17. The summed E-state index contributed by atoms with van der Waals surface area (Å²) in [5.74, 6) is 0.525. The summed E-state index contributed by atoms with van der Waals surface area (Å²) in [5.41, 5.74) is 7.42. The Labute approximate surface area is 123 Å². The molecule has 2 aromatic carbocycles. The van der Waals surface area contributed by atoms with Gasteiger partial charge in [-0.15, -0.1) is 0 Å². The molecule has 2 aromatic rings. The van der Waals surface area contributed by atoms with Crippen molar-refractivity contribution in [3.63, 3.8) is 0 Å². The Bertz CT molecular complexity index is 641. The van der Waals surface area contributed by atoms with Gasteiger partial charge in [0.1, 0.15) is 18.1 Å². The van der Waals surface area contributed by atoms with Crippen LogP contribution in [0.2, 0.25) is 0 Å². The Hall–Kier alpha value is -2.69. The fraction of sp³-hybridized carbons (Fsp3) is 0.188. The van der Waals surface area contributed by atoms with E-state index in [0.29, 0.717) is 30.2 Å². The van der Waals surface area contributed by atoms with Gasteiger partial charge in [-0.05, 0) is 36.8 Å². The Balaban J connectivity index is 1.80. The Morgan fingerprint density at radius 2 is 2.10 bits per heavy atom. The molecular weight excluding hydrogens is 268 g/mol. The van der Waals surface area contributed by atoms with Crippen molar-refractivity contribution in [3.05, 3.63) is 53.6 Å². The molecule has 0 aliphatic rings. The van der Waals surface area contributed by atoms with Crippen molar-refractivity contribution in [2.24, 2.45) is 0 Å². The van der Waals surface area contributed by atoms with Crippen LogP contribution in [0.1, 0.15) is 15.9 Å². The fourth-order valence-electron chi connectivity index (χ4n) is 1.79. The predicted octanol–water partition coefficient (Wildman–Crippen LogP) is 2.09. The summed E-state index contributed by atoms with van der Waals surface area (Å²) in [6, 6.07) is 11.9. The molecule has 4 N–H and O–H groups in total. The van der Waals surface area contributed by atoms with Crippen LogP contribution in [0.5, 0.6) is 11.5 Å². The summed E-state index contributed by atoms with van der Waals surface area (Å²) in [6.07, 6.45) is 0. The number of amides is 1. The lowest BCUT2D eigenvalue weighted by atomic mass is 10.1. The molecule has 0 aliphatic heterocycles. The summed E-state index contributed by atoms with van der Waals surface area (Å²) < 4.78 is 5.47. The molecule has 21 heavy (non-hydrogen) atoms. The lowest BCUT2D eigenvalue weighted by molar-refractivity contribution is 0.0946. The van der Waals surface area contributed by atoms with Crippen molar-refractivity contribution in [2.75, 3.05) is 18.9 Å². The standard InChI is InChI=1S/C16H18N2O3/c1-11-5-6-12(9-15(11)19)16(20)18-7-8-21-14-4-2-3-13(17)10-14/h2-6,9-10,19H,7-8,17H2,1H3,(H,18,20). The number of nitrogen functional groups attached to an aromatic ring is 1. The summed E-state index contributed by atoms with van der Waals surface area (Å²) in [6.45, 7) is 2.48. The number of aromatic hydroxyl groups is 1. The van der Waals surface area contributed by atoms with Gasteiger partial charge in [0.25, 0.3) is 5.91 Å². The number of hydrogen-bond acceptors (Lipinski definition) is 4. The highest BCUT2D eigenvalue weighted by Gasteiger charge is 2.07. The number of aryl methyl sites for hydroxylation is 1. The molecule has 0 aliphatic carbocycles. The number of ether oxygens (including phenoxy) is 1. The molecule has 0 heterocycles. The zero-order chi connectivity index (χ0) is 15.2. The maximum absolute atomic E-state index is 11.9. The molecule has 0 spiro atoms. The maximum Gasteiger partial charge on any atom is 0.251 e. The summed E-state index contributed by atoms with van der Waals surface area (Å²) in [5, 5.41) is 12.3. The highest BCUT2D eigenvalue weighted by atomic mass is 16.5. The number of phenols is 1. The van der Waals surface area contributed by atoms with E-state index < -0.39 is 0 Å². The first-order chi connectivity index (χ1) is 10.1. The molecule has 0 unspecified atom stereocenters.